The van der Waals surface area contributed by atoms with Crippen molar-refractivity contribution in [3.8, 4) is 0 Å². The molecule has 26 heavy (non-hydrogen) atoms. The van der Waals surface area contributed by atoms with E-state index >= 15 is 0 Å². The van der Waals surface area contributed by atoms with Gasteiger partial charge in [-0.25, -0.2) is 8.42 Å². The first-order valence-electron chi connectivity index (χ1n) is 9.73. The molecule has 1 amide bonds. The van der Waals surface area contributed by atoms with Crippen molar-refractivity contribution in [1.29, 1.82) is 0 Å². The molecule has 0 N–H and O–H groups in total. The highest BCUT2D eigenvalue weighted by Crippen LogP contribution is 2.29. The molecule has 1 saturated heterocycles. The molecule has 0 atom stereocenters. The van der Waals surface area contributed by atoms with Crippen LogP contribution >= 0.6 is 0 Å². The highest BCUT2D eigenvalue weighted by atomic mass is 32.2. The zero-order valence-corrected chi connectivity index (χ0v) is 16.7. The molecule has 3 rings (SSSR count). The summed E-state index contributed by atoms with van der Waals surface area (Å²) < 4.78 is 27.4. The summed E-state index contributed by atoms with van der Waals surface area (Å²) >= 11 is 0. The fourth-order valence-electron chi connectivity index (χ4n) is 4.19. The summed E-state index contributed by atoms with van der Waals surface area (Å²) in [5.41, 5.74) is 1.83. The molecule has 0 aromatic heterocycles. The van der Waals surface area contributed by atoms with Gasteiger partial charge in [0.25, 0.3) is 0 Å². The maximum Gasteiger partial charge on any atom is 0.243 e. The van der Waals surface area contributed by atoms with Crippen molar-refractivity contribution < 1.29 is 13.2 Å². The number of piperazine rings is 1. The minimum Gasteiger partial charge on any atom is -0.340 e. The van der Waals surface area contributed by atoms with E-state index in [0.29, 0.717) is 43.4 Å². The van der Waals surface area contributed by atoms with Crippen LogP contribution in [0, 0.1) is 19.8 Å². The molecule has 0 unspecified atom stereocenters. The normalized spacial score (nSPS) is 19.8. The predicted molar refractivity (Wildman–Crippen MR) is 102 cm³/mol. The maximum absolute atomic E-state index is 12.9. The van der Waals surface area contributed by atoms with Gasteiger partial charge in [-0.3, -0.25) is 4.79 Å². The number of sulfonamides is 1. The summed E-state index contributed by atoms with van der Waals surface area (Å²) in [5.74, 6) is 0.894. The van der Waals surface area contributed by atoms with Crippen LogP contribution in [0.5, 0.6) is 0 Å². The lowest BCUT2D eigenvalue weighted by molar-refractivity contribution is -0.132. The maximum atomic E-state index is 12.9. The van der Waals surface area contributed by atoms with Crippen LogP contribution in [0.25, 0.3) is 0 Å². The van der Waals surface area contributed by atoms with Gasteiger partial charge in [-0.05, 0) is 37.8 Å². The zero-order valence-electron chi connectivity index (χ0n) is 15.9. The average Bonchev–Trinajstić information content (AvgIpc) is 3.13. The quantitative estimate of drug-likeness (QED) is 0.791. The summed E-state index contributed by atoms with van der Waals surface area (Å²) in [5, 5.41) is 0. The van der Waals surface area contributed by atoms with E-state index in [-0.39, 0.29) is 5.91 Å². The van der Waals surface area contributed by atoms with Gasteiger partial charge >= 0.3 is 0 Å². The van der Waals surface area contributed by atoms with Crippen LogP contribution in [0.15, 0.2) is 23.1 Å². The zero-order chi connectivity index (χ0) is 18.7. The summed E-state index contributed by atoms with van der Waals surface area (Å²) in [7, 11) is -3.49. The highest BCUT2D eigenvalue weighted by Gasteiger charge is 2.31. The average molecular weight is 379 g/mol. The van der Waals surface area contributed by atoms with E-state index < -0.39 is 10.0 Å². The Labute approximate surface area is 157 Å². The van der Waals surface area contributed by atoms with Crippen molar-refractivity contribution in [1.82, 2.24) is 9.21 Å². The van der Waals surface area contributed by atoms with E-state index in [1.165, 1.54) is 30.0 Å². The number of aryl methyl sites for hydroxylation is 2. The van der Waals surface area contributed by atoms with Gasteiger partial charge in [0, 0.05) is 32.6 Å². The molecule has 0 spiro atoms. The number of rotatable bonds is 5. The van der Waals surface area contributed by atoms with Crippen molar-refractivity contribution in [2.24, 2.45) is 5.92 Å². The van der Waals surface area contributed by atoms with Gasteiger partial charge in [-0.15, -0.1) is 0 Å². The predicted octanol–water partition coefficient (Wildman–Crippen LogP) is 3.11. The van der Waals surface area contributed by atoms with Gasteiger partial charge in [-0.1, -0.05) is 43.4 Å². The van der Waals surface area contributed by atoms with Crippen LogP contribution < -0.4 is 0 Å². The molecule has 1 aromatic rings. The molecule has 1 aliphatic carbocycles. The second kappa shape index (κ2) is 8.09. The van der Waals surface area contributed by atoms with Crippen LogP contribution in [0.1, 0.15) is 49.7 Å². The Hall–Kier alpha value is -1.40. The lowest BCUT2D eigenvalue weighted by Crippen LogP contribution is -2.50. The van der Waals surface area contributed by atoms with Gasteiger partial charge in [-0.2, -0.15) is 4.31 Å². The Morgan fingerprint density at radius 1 is 1.08 bits per heavy atom. The monoisotopic (exact) mass is 378 g/mol. The minimum atomic E-state index is -3.49. The molecular formula is C20H30N2O3S. The number of carbonyl (C=O) groups excluding carboxylic acids is 1. The topological polar surface area (TPSA) is 57.7 Å². The fraction of sp³-hybridized carbons (Fsp3) is 0.650. The summed E-state index contributed by atoms with van der Waals surface area (Å²) in [6, 6.07) is 5.43. The third kappa shape index (κ3) is 4.29. The van der Waals surface area contributed by atoms with Gasteiger partial charge in [0.2, 0.25) is 15.9 Å². The third-order valence-corrected chi connectivity index (χ3v) is 7.84. The van der Waals surface area contributed by atoms with Crippen molar-refractivity contribution in [3.05, 3.63) is 29.3 Å². The Morgan fingerprint density at radius 3 is 2.35 bits per heavy atom. The smallest absolute Gasteiger partial charge is 0.243 e. The van der Waals surface area contributed by atoms with E-state index in [9.17, 15) is 13.2 Å². The summed E-state index contributed by atoms with van der Waals surface area (Å²) in [4.78, 5) is 14.6. The van der Waals surface area contributed by atoms with E-state index in [1.54, 1.807) is 6.07 Å². The van der Waals surface area contributed by atoms with Crippen LogP contribution in [0.2, 0.25) is 0 Å². The van der Waals surface area contributed by atoms with E-state index in [0.717, 1.165) is 17.5 Å². The number of carbonyl (C=O) groups is 1. The van der Waals surface area contributed by atoms with Crippen LogP contribution in [0.3, 0.4) is 0 Å². The third-order valence-electron chi connectivity index (χ3n) is 5.78. The molecule has 2 aliphatic rings. The van der Waals surface area contributed by atoms with Gasteiger partial charge < -0.3 is 4.90 Å². The second-order valence-electron chi connectivity index (χ2n) is 7.74. The van der Waals surface area contributed by atoms with Crippen molar-refractivity contribution >= 4 is 15.9 Å². The molecule has 5 nitrogen and oxygen atoms in total. The molecule has 6 heteroatoms. The van der Waals surface area contributed by atoms with E-state index in [1.807, 2.05) is 30.9 Å². The first-order chi connectivity index (χ1) is 12.4. The molecule has 1 saturated carbocycles. The highest BCUT2D eigenvalue weighted by molar-refractivity contribution is 7.89. The molecule has 2 fully saturated rings. The number of nitrogens with zero attached hydrogens (tertiary/aromatic N) is 2. The number of amides is 1. The molecule has 1 heterocycles. The lowest BCUT2D eigenvalue weighted by atomic mass is 10.0. The van der Waals surface area contributed by atoms with E-state index in [2.05, 4.69) is 0 Å². The molecule has 1 aliphatic heterocycles. The van der Waals surface area contributed by atoms with Gasteiger partial charge in [0.1, 0.15) is 0 Å². The van der Waals surface area contributed by atoms with Gasteiger partial charge in [0.05, 0.1) is 4.90 Å². The molecule has 1 aromatic carbocycles. The van der Waals surface area contributed by atoms with Crippen LogP contribution in [-0.2, 0) is 14.8 Å². The minimum absolute atomic E-state index is 0.181. The molecular weight excluding hydrogens is 348 g/mol. The number of hydrogen-bond donors (Lipinski definition) is 0. The number of hydrogen-bond acceptors (Lipinski definition) is 3. The second-order valence-corrected chi connectivity index (χ2v) is 9.65. The summed E-state index contributed by atoms with van der Waals surface area (Å²) in [6.45, 7) is 5.54. The van der Waals surface area contributed by atoms with Crippen molar-refractivity contribution in [2.75, 3.05) is 26.2 Å². The SMILES string of the molecule is Cc1ccc(S(=O)(=O)N2CCN(C(=O)CCC3CCCC3)CC2)c(C)c1. The standard InChI is InChI=1S/C20H30N2O3S/c1-16-7-9-19(17(2)15-16)26(24,25)22-13-11-21(12-14-22)20(23)10-8-18-5-3-4-6-18/h7,9,15,18H,3-6,8,10-14H2,1-2H3. The Morgan fingerprint density at radius 2 is 1.73 bits per heavy atom. The lowest BCUT2D eigenvalue weighted by Gasteiger charge is -2.34. The van der Waals surface area contributed by atoms with Crippen LogP contribution in [0.4, 0.5) is 0 Å². The largest absolute Gasteiger partial charge is 0.340 e. The fourth-order valence-corrected chi connectivity index (χ4v) is 5.82. The molecule has 0 radical (unpaired) electrons. The number of benzene rings is 1. The Balaban J connectivity index is 1.56. The summed E-state index contributed by atoms with van der Waals surface area (Å²) in [6.07, 6.45) is 6.71. The van der Waals surface area contributed by atoms with Crippen LogP contribution in [-0.4, -0.2) is 49.7 Å². The van der Waals surface area contributed by atoms with E-state index in [4.69, 9.17) is 0 Å². The van der Waals surface area contributed by atoms with Crippen molar-refractivity contribution in [3.63, 3.8) is 0 Å². The Kier molecular flexibility index (Phi) is 6.03. The first-order valence-corrected chi connectivity index (χ1v) is 11.2. The first kappa shape index (κ1) is 19.4. The molecule has 144 valence electrons. The van der Waals surface area contributed by atoms with Gasteiger partial charge in [0.15, 0.2) is 0 Å². The Bertz CT molecular complexity index is 746. The molecule has 0 bridgehead atoms. The van der Waals surface area contributed by atoms with Crippen molar-refractivity contribution in [2.45, 2.75) is 57.3 Å².